The van der Waals surface area contributed by atoms with Crippen molar-refractivity contribution in [1.82, 2.24) is 9.55 Å². The molecule has 6 rings (SSSR count). The molecule has 2 aromatic heterocycles. The van der Waals surface area contributed by atoms with Crippen LogP contribution in [0.3, 0.4) is 0 Å². The number of para-hydroxylation sites is 1. The summed E-state index contributed by atoms with van der Waals surface area (Å²) < 4.78 is 1.70. The highest BCUT2D eigenvalue weighted by Gasteiger charge is 2.38. The minimum Gasteiger partial charge on any atom is -0.347 e. The SMILES string of the molecule is Cc1ccc(-n2c(SCC(=O)/C=C3/N(C)c4ccccc4C3(C)C)nc3sc4c(c3c2=O)CCCC4)cc1. The molecule has 0 atom stereocenters. The second kappa shape index (κ2) is 9.54. The van der Waals surface area contributed by atoms with Crippen molar-refractivity contribution in [3.05, 3.63) is 92.2 Å². The molecule has 0 saturated carbocycles. The number of ketones is 1. The lowest BCUT2D eigenvalue weighted by Crippen LogP contribution is -2.24. The number of thiophene rings is 1. The van der Waals surface area contributed by atoms with Crippen molar-refractivity contribution in [2.45, 2.75) is 57.0 Å². The van der Waals surface area contributed by atoms with Crippen molar-refractivity contribution in [3.8, 4) is 5.69 Å². The van der Waals surface area contributed by atoms with Crippen LogP contribution >= 0.6 is 23.1 Å². The smallest absolute Gasteiger partial charge is 0.267 e. The van der Waals surface area contributed by atoms with E-state index in [4.69, 9.17) is 4.98 Å². The van der Waals surface area contributed by atoms with Gasteiger partial charge in [0.2, 0.25) is 0 Å². The first-order valence-electron chi connectivity index (χ1n) is 13.1. The van der Waals surface area contributed by atoms with E-state index in [-0.39, 0.29) is 22.5 Å². The third kappa shape index (κ3) is 4.12. The van der Waals surface area contributed by atoms with E-state index in [1.54, 1.807) is 22.0 Å². The van der Waals surface area contributed by atoms with E-state index < -0.39 is 0 Å². The second-order valence-electron chi connectivity index (χ2n) is 10.7. The van der Waals surface area contributed by atoms with Crippen LogP contribution in [0.4, 0.5) is 5.69 Å². The predicted molar refractivity (Wildman–Crippen MR) is 158 cm³/mol. The molecule has 2 aliphatic rings. The van der Waals surface area contributed by atoms with Crippen molar-refractivity contribution in [3.63, 3.8) is 0 Å². The average molecular weight is 542 g/mol. The van der Waals surface area contributed by atoms with Gasteiger partial charge in [0.05, 0.1) is 16.8 Å². The summed E-state index contributed by atoms with van der Waals surface area (Å²) in [6.07, 6.45) is 5.98. The fraction of sp³-hybridized carbons (Fsp3) is 0.323. The van der Waals surface area contributed by atoms with Gasteiger partial charge in [-0.1, -0.05) is 61.5 Å². The van der Waals surface area contributed by atoms with E-state index in [2.05, 4.69) is 30.9 Å². The van der Waals surface area contributed by atoms with E-state index in [9.17, 15) is 9.59 Å². The van der Waals surface area contributed by atoms with E-state index in [1.807, 2.05) is 50.4 Å². The van der Waals surface area contributed by atoms with Crippen molar-refractivity contribution in [2.24, 2.45) is 0 Å². The molecule has 0 N–H and O–H groups in total. The Kier molecular flexibility index (Phi) is 6.31. The number of rotatable bonds is 5. The van der Waals surface area contributed by atoms with E-state index in [0.717, 1.165) is 58.5 Å². The number of carbonyl (C=O) groups is 1. The highest BCUT2D eigenvalue weighted by atomic mass is 32.2. The molecule has 0 radical (unpaired) electrons. The number of hydrogen-bond acceptors (Lipinski definition) is 6. The molecule has 0 bridgehead atoms. The van der Waals surface area contributed by atoms with Crippen LogP contribution in [0.2, 0.25) is 0 Å². The number of fused-ring (bicyclic) bond motifs is 4. The molecule has 0 unspecified atom stereocenters. The van der Waals surface area contributed by atoms with Gasteiger partial charge in [-0.25, -0.2) is 4.98 Å². The molecule has 1 aliphatic heterocycles. The zero-order chi connectivity index (χ0) is 26.6. The number of nitrogens with zero attached hydrogens (tertiary/aromatic N) is 3. The molecule has 1 aliphatic carbocycles. The summed E-state index contributed by atoms with van der Waals surface area (Å²) in [5.74, 6) is 0.214. The molecule has 3 heterocycles. The molecular weight excluding hydrogens is 510 g/mol. The van der Waals surface area contributed by atoms with Gasteiger partial charge in [-0.15, -0.1) is 11.3 Å². The van der Waals surface area contributed by atoms with Gasteiger partial charge < -0.3 is 4.90 Å². The van der Waals surface area contributed by atoms with Gasteiger partial charge in [0.25, 0.3) is 5.56 Å². The van der Waals surface area contributed by atoms with Crippen LogP contribution in [0.1, 0.15) is 48.3 Å². The van der Waals surface area contributed by atoms with Crippen LogP contribution in [0, 0.1) is 6.92 Å². The summed E-state index contributed by atoms with van der Waals surface area (Å²) >= 11 is 2.99. The Morgan fingerprint density at radius 2 is 1.84 bits per heavy atom. The summed E-state index contributed by atoms with van der Waals surface area (Å²) in [4.78, 5) is 36.5. The Hall–Kier alpha value is -3.16. The first-order valence-corrected chi connectivity index (χ1v) is 14.9. The number of carbonyl (C=O) groups excluding carboxylic acids is 1. The average Bonchev–Trinajstić information content (AvgIpc) is 3.37. The Morgan fingerprint density at radius 3 is 2.61 bits per heavy atom. The maximum absolute atomic E-state index is 14.0. The standard InChI is InChI=1S/C31H31N3O2S2/c1-19-13-15-20(16-14-19)34-29(36)27-22-9-5-8-12-25(22)38-28(27)32-30(34)37-18-21(35)17-26-31(2,3)23-10-6-7-11-24(23)33(26)4/h6-7,10-11,13-17H,5,8-9,12,18H2,1-4H3/b26-17+. The Balaban J connectivity index is 1.37. The molecule has 7 heteroatoms. The fourth-order valence-corrected chi connectivity index (χ4v) is 7.93. The van der Waals surface area contributed by atoms with E-state index >= 15 is 0 Å². The first-order chi connectivity index (χ1) is 18.3. The monoisotopic (exact) mass is 541 g/mol. The number of likely N-dealkylation sites (N-methyl/N-ethyl adjacent to an activating group) is 1. The first kappa shape index (κ1) is 25.1. The molecule has 4 aromatic rings. The molecule has 5 nitrogen and oxygen atoms in total. The lowest BCUT2D eigenvalue weighted by molar-refractivity contribution is -0.112. The Labute approximate surface area is 231 Å². The zero-order valence-electron chi connectivity index (χ0n) is 22.2. The predicted octanol–water partition coefficient (Wildman–Crippen LogP) is 6.61. The van der Waals surface area contributed by atoms with Crippen molar-refractivity contribution in [1.29, 1.82) is 0 Å². The Bertz CT molecular complexity index is 1660. The summed E-state index contributed by atoms with van der Waals surface area (Å²) in [7, 11) is 2.02. The molecule has 194 valence electrons. The minimum atomic E-state index is -0.261. The number of aromatic nitrogens is 2. The van der Waals surface area contributed by atoms with Crippen LogP contribution < -0.4 is 10.5 Å². The highest BCUT2D eigenvalue weighted by molar-refractivity contribution is 7.99. The van der Waals surface area contributed by atoms with Crippen molar-refractivity contribution < 1.29 is 4.79 Å². The number of thioether (sulfide) groups is 1. The van der Waals surface area contributed by atoms with Crippen LogP contribution in [-0.4, -0.2) is 28.1 Å². The lowest BCUT2D eigenvalue weighted by Gasteiger charge is -2.24. The molecule has 0 spiro atoms. The Morgan fingerprint density at radius 1 is 1.11 bits per heavy atom. The normalized spacial score (nSPS) is 17.2. The third-order valence-electron chi connectivity index (χ3n) is 7.83. The molecule has 0 fully saturated rings. The summed E-state index contributed by atoms with van der Waals surface area (Å²) in [6.45, 7) is 6.35. The molecule has 0 saturated heterocycles. The van der Waals surface area contributed by atoms with Gasteiger partial charge in [-0.05, 0) is 61.9 Å². The topological polar surface area (TPSA) is 55.2 Å². The maximum Gasteiger partial charge on any atom is 0.267 e. The number of anilines is 1. The van der Waals surface area contributed by atoms with E-state index in [0.29, 0.717) is 5.16 Å². The summed E-state index contributed by atoms with van der Waals surface area (Å²) in [6, 6.07) is 16.2. The molecule has 38 heavy (non-hydrogen) atoms. The van der Waals surface area contributed by atoms with Crippen LogP contribution in [0.15, 0.2) is 70.3 Å². The van der Waals surface area contributed by atoms with Crippen LogP contribution in [0.25, 0.3) is 15.9 Å². The van der Waals surface area contributed by atoms with Gasteiger partial charge in [-0.2, -0.15) is 0 Å². The quantitative estimate of drug-likeness (QED) is 0.162. The van der Waals surface area contributed by atoms with Gasteiger partial charge in [-0.3, -0.25) is 14.2 Å². The largest absolute Gasteiger partial charge is 0.347 e. The number of hydrogen-bond donors (Lipinski definition) is 0. The number of allylic oxidation sites excluding steroid dienone is 2. The van der Waals surface area contributed by atoms with Crippen LogP contribution in [-0.2, 0) is 23.1 Å². The van der Waals surface area contributed by atoms with Crippen molar-refractivity contribution in [2.75, 3.05) is 17.7 Å². The molecule has 0 amide bonds. The molecular formula is C31H31N3O2S2. The van der Waals surface area contributed by atoms with Gasteiger partial charge >= 0.3 is 0 Å². The number of aryl methyl sites for hydroxylation is 3. The maximum atomic E-state index is 14.0. The molecule has 2 aromatic carbocycles. The second-order valence-corrected chi connectivity index (χ2v) is 12.8. The zero-order valence-corrected chi connectivity index (χ0v) is 23.8. The van der Waals surface area contributed by atoms with Crippen molar-refractivity contribution >= 4 is 44.8 Å². The van der Waals surface area contributed by atoms with E-state index in [1.165, 1.54) is 27.8 Å². The minimum absolute atomic E-state index is 0.00741. The number of benzene rings is 2. The van der Waals surface area contributed by atoms with Gasteiger partial charge in [0, 0.05) is 34.8 Å². The third-order valence-corrected chi connectivity index (χ3v) is 9.98. The summed E-state index contributed by atoms with van der Waals surface area (Å²) in [5, 5.41) is 1.33. The van der Waals surface area contributed by atoms with Gasteiger partial charge in [0.15, 0.2) is 10.9 Å². The summed E-state index contributed by atoms with van der Waals surface area (Å²) in [5.41, 5.74) is 6.13. The van der Waals surface area contributed by atoms with Gasteiger partial charge in [0.1, 0.15) is 4.83 Å². The lowest BCUT2D eigenvalue weighted by atomic mass is 9.83. The fourth-order valence-electron chi connectivity index (χ4n) is 5.79. The van der Waals surface area contributed by atoms with Crippen LogP contribution in [0.5, 0.6) is 0 Å². The highest BCUT2D eigenvalue weighted by Crippen LogP contribution is 2.46.